The molecule has 0 saturated carbocycles. The molecular formula is C21H18N2O. The van der Waals surface area contributed by atoms with Crippen LogP contribution in [0.1, 0.15) is 11.1 Å². The number of anilines is 1. The molecule has 4 aromatic rings. The number of aromatic nitrogens is 1. The Balaban J connectivity index is 1.69. The molecule has 0 radical (unpaired) electrons. The first-order valence-electron chi connectivity index (χ1n) is 8.05. The molecule has 0 atom stereocenters. The van der Waals surface area contributed by atoms with E-state index in [9.17, 15) is 4.79 Å². The van der Waals surface area contributed by atoms with E-state index in [0.717, 1.165) is 27.5 Å². The lowest BCUT2D eigenvalue weighted by molar-refractivity contribution is 1.09. The number of pyridine rings is 1. The highest BCUT2D eigenvalue weighted by Gasteiger charge is 2.05. The van der Waals surface area contributed by atoms with E-state index >= 15 is 0 Å². The molecule has 4 rings (SSSR count). The van der Waals surface area contributed by atoms with Gasteiger partial charge in [0.1, 0.15) is 0 Å². The summed E-state index contributed by atoms with van der Waals surface area (Å²) in [5, 5.41) is 6.81. The number of fused-ring (bicyclic) bond motifs is 2. The number of hydrogen-bond acceptors (Lipinski definition) is 2. The van der Waals surface area contributed by atoms with Gasteiger partial charge in [0.15, 0.2) is 0 Å². The Morgan fingerprint density at radius 1 is 0.917 bits per heavy atom. The van der Waals surface area contributed by atoms with Crippen LogP contribution >= 0.6 is 0 Å². The Bertz CT molecular complexity index is 1090. The van der Waals surface area contributed by atoms with Crippen molar-refractivity contribution >= 4 is 27.4 Å². The molecule has 0 saturated heterocycles. The van der Waals surface area contributed by atoms with Crippen molar-refractivity contribution in [3.05, 3.63) is 88.2 Å². The smallest absolute Gasteiger partial charge is 0.253 e. The summed E-state index contributed by atoms with van der Waals surface area (Å²) >= 11 is 0. The second-order valence-corrected chi connectivity index (χ2v) is 6.09. The monoisotopic (exact) mass is 314 g/mol. The highest BCUT2D eigenvalue weighted by molar-refractivity contribution is 5.93. The minimum atomic E-state index is -0.0425. The average Bonchev–Trinajstić information content (AvgIpc) is 2.60. The molecule has 0 aliphatic heterocycles. The zero-order valence-electron chi connectivity index (χ0n) is 13.5. The van der Waals surface area contributed by atoms with Crippen LogP contribution in [-0.4, -0.2) is 4.98 Å². The van der Waals surface area contributed by atoms with E-state index in [1.165, 1.54) is 10.9 Å². The first-order chi connectivity index (χ1) is 11.7. The van der Waals surface area contributed by atoms with Crippen molar-refractivity contribution < 1.29 is 0 Å². The van der Waals surface area contributed by atoms with Crippen molar-refractivity contribution in [2.24, 2.45) is 0 Å². The quantitative estimate of drug-likeness (QED) is 0.580. The minimum Gasteiger partial charge on any atom is -0.380 e. The maximum absolute atomic E-state index is 12.3. The predicted octanol–water partition coefficient (Wildman–Crippen LogP) is 4.60. The van der Waals surface area contributed by atoms with Crippen molar-refractivity contribution in [3.63, 3.8) is 0 Å². The molecular weight excluding hydrogens is 296 g/mol. The van der Waals surface area contributed by atoms with E-state index in [1.807, 2.05) is 42.5 Å². The Morgan fingerprint density at radius 2 is 1.75 bits per heavy atom. The van der Waals surface area contributed by atoms with Crippen molar-refractivity contribution in [1.82, 2.24) is 4.98 Å². The first-order valence-corrected chi connectivity index (χ1v) is 8.05. The standard InChI is InChI=1S/C21H18N2O/c1-14-9-10-19-16(11-14)12-17(21(24)23-19)13-22-20-8-4-6-15-5-2-3-7-18(15)20/h2-12,22H,13H2,1H3,(H,23,24). The molecule has 118 valence electrons. The second-order valence-electron chi connectivity index (χ2n) is 6.09. The lowest BCUT2D eigenvalue weighted by Crippen LogP contribution is -2.15. The molecule has 3 nitrogen and oxygen atoms in total. The number of nitrogens with one attached hydrogen (secondary N) is 2. The number of rotatable bonds is 3. The third-order valence-corrected chi connectivity index (χ3v) is 4.34. The van der Waals surface area contributed by atoms with Gasteiger partial charge in [0.05, 0.1) is 0 Å². The Hall–Kier alpha value is -3.07. The van der Waals surface area contributed by atoms with Gasteiger partial charge in [0, 0.05) is 28.7 Å². The average molecular weight is 314 g/mol. The SMILES string of the molecule is Cc1ccc2[nH]c(=O)c(CNc3cccc4ccccc34)cc2c1. The van der Waals surface area contributed by atoms with Gasteiger partial charge in [-0.25, -0.2) is 0 Å². The molecule has 1 heterocycles. The number of H-pyrrole nitrogens is 1. The van der Waals surface area contributed by atoms with Gasteiger partial charge in [-0.3, -0.25) is 4.79 Å². The van der Waals surface area contributed by atoms with Crippen molar-refractivity contribution in [2.45, 2.75) is 13.5 Å². The normalized spacial score (nSPS) is 11.0. The molecule has 3 heteroatoms. The molecule has 2 N–H and O–H groups in total. The summed E-state index contributed by atoms with van der Waals surface area (Å²) in [6.45, 7) is 2.55. The molecule has 1 aromatic heterocycles. The first kappa shape index (κ1) is 14.5. The zero-order chi connectivity index (χ0) is 16.5. The molecule has 0 amide bonds. The van der Waals surface area contributed by atoms with E-state index in [0.29, 0.717) is 6.54 Å². The van der Waals surface area contributed by atoms with Gasteiger partial charge < -0.3 is 10.3 Å². The van der Waals surface area contributed by atoms with E-state index < -0.39 is 0 Å². The largest absolute Gasteiger partial charge is 0.380 e. The molecule has 0 bridgehead atoms. The fourth-order valence-corrected chi connectivity index (χ4v) is 3.07. The van der Waals surface area contributed by atoms with Crippen LogP contribution < -0.4 is 10.9 Å². The lowest BCUT2D eigenvalue weighted by Gasteiger charge is -2.10. The van der Waals surface area contributed by atoms with E-state index in [-0.39, 0.29) is 5.56 Å². The van der Waals surface area contributed by atoms with Crippen LogP contribution in [0, 0.1) is 6.92 Å². The summed E-state index contributed by atoms with van der Waals surface area (Å²) in [6.07, 6.45) is 0. The molecule has 0 fully saturated rings. The van der Waals surface area contributed by atoms with Gasteiger partial charge in [-0.05, 0) is 42.0 Å². The van der Waals surface area contributed by atoms with Crippen LogP contribution in [0.2, 0.25) is 0 Å². The van der Waals surface area contributed by atoms with E-state index in [2.05, 4.69) is 41.5 Å². The molecule has 3 aromatic carbocycles. The summed E-state index contributed by atoms with van der Waals surface area (Å²) < 4.78 is 0. The summed E-state index contributed by atoms with van der Waals surface area (Å²) in [6, 6.07) is 22.4. The van der Waals surface area contributed by atoms with Crippen molar-refractivity contribution in [2.75, 3.05) is 5.32 Å². The number of benzene rings is 3. The zero-order valence-corrected chi connectivity index (χ0v) is 13.5. The third-order valence-electron chi connectivity index (χ3n) is 4.34. The number of aryl methyl sites for hydroxylation is 1. The second kappa shape index (κ2) is 5.85. The fraction of sp³-hybridized carbons (Fsp3) is 0.0952. The van der Waals surface area contributed by atoms with Gasteiger partial charge in [-0.2, -0.15) is 0 Å². The molecule has 0 unspecified atom stereocenters. The van der Waals surface area contributed by atoms with Crippen LogP contribution in [-0.2, 0) is 6.54 Å². The molecule has 0 aliphatic rings. The Morgan fingerprint density at radius 3 is 2.67 bits per heavy atom. The topological polar surface area (TPSA) is 44.9 Å². The predicted molar refractivity (Wildman–Crippen MR) is 101 cm³/mol. The Labute approximate surface area is 140 Å². The highest BCUT2D eigenvalue weighted by Crippen LogP contribution is 2.23. The summed E-state index contributed by atoms with van der Waals surface area (Å²) in [7, 11) is 0. The summed E-state index contributed by atoms with van der Waals surface area (Å²) in [5.74, 6) is 0. The van der Waals surface area contributed by atoms with Crippen molar-refractivity contribution in [1.29, 1.82) is 0 Å². The van der Waals surface area contributed by atoms with E-state index in [1.54, 1.807) is 0 Å². The van der Waals surface area contributed by atoms with Crippen LogP contribution in [0.25, 0.3) is 21.7 Å². The molecule has 0 spiro atoms. The maximum atomic E-state index is 12.3. The highest BCUT2D eigenvalue weighted by atomic mass is 16.1. The summed E-state index contributed by atoms with van der Waals surface area (Å²) in [5.41, 5.74) is 3.79. The van der Waals surface area contributed by atoms with Crippen LogP contribution in [0.3, 0.4) is 0 Å². The summed E-state index contributed by atoms with van der Waals surface area (Å²) in [4.78, 5) is 15.3. The minimum absolute atomic E-state index is 0.0425. The molecule has 24 heavy (non-hydrogen) atoms. The Kier molecular flexibility index (Phi) is 3.54. The van der Waals surface area contributed by atoms with Crippen LogP contribution in [0.5, 0.6) is 0 Å². The van der Waals surface area contributed by atoms with Gasteiger partial charge in [0.2, 0.25) is 0 Å². The lowest BCUT2D eigenvalue weighted by atomic mass is 10.1. The van der Waals surface area contributed by atoms with Crippen LogP contribution in [0.4, 0.5) is 5.69 Å². The maximum Gasteiger partial charge on any atom is 0.253 e. The van der Waals surface area contributed by atoms with Gasteiger partial charge in [-0.15, -0.1) is 0 Å². The number of hydrogen-bond donors (Lipinski definition) is 2. The number of aromatic amines is 1. The van der Waals surface area contributed by atoms with Crippen LogP contribution in [0.15, 0.2) is 71.5 Å². The van der Waals surface area contributed by atoms with Gasteiger partial charge >= 0.3 is 0 Å². The van der Waals surface area contributed by atoms with E-state index in [4.69, 9.17) is 0 Å². The third kappa shape index (κ3) is 2.65. The molecule has 0 aliphatic carbocycles. The van der Waals surface area contributed by atoms with Gasteiger partial charge in [-0.1, -0.05) is 48.0 Å². The fourth-order valence-electron chi connectivity index (χ4n) is 3.07. The van der Waals surface area contributed by atoms with Crippen molar-refractivity contribution in [3.8, 4) is 0 Å². The van der Waals surface area contributed by atoms with Gasteiger partial charge in [0.25, 0.3) is 5.56 Å².